The van der Waals surface area contributed by atoms with Crippen LogP contribution in [0.4, 0.5) is 0 Å². The van der Waals surface area contributed by atoms with Gasteiger partial charge in [-0.3, -0.25) is 4.98 Å². The molecular formula is C51H84BrN3+2. The summed E-state index contributed by atoms with van der Waals surface area (Å²) in [5.41, 5.74) is 4.44. The second-order valence-corrected chi connectivity index (χ2v) is 17.6. The first-order valence-electron chi connectivity index (χ1n) is 23.7. The predicted octanol–water partition coefficient (Wildman–Crippen LogP) is 14.8. The highest BCUT2D eigenvalue weighted by molar-refractivity contribution is 9.09. The van der Waals surface area contributed by atoms with E-state index in [9.17, 15) is 0 Å². The number of aromatic nitrogens is 3. The van der Waals surface area contributed by atoms with Crippen LogP contribution in [0.1, 0.15) is 209 Å². The summed E-state index contributed by atoms with van der Waals surface area (Å²) >= 11 is 3.48. The second kappa shape index (κ2) is 35.1. The zero-order chi connectivity index (χ0) is 38.5. The lowest BCUT2D eigenvalue weighted by molar-refractivity contribution is -0.697. The van der Waals surface area contributed by atoms with E-state index in [0.29, 0.717) is 0 Å². The molecule has 4 heteroatoms. The lowest BCUT2D eigenvalue weighted by Crippen LogP contribution is -2.33. The van der Waals surface area contributed by atoms with E-state index in [-0.39, 0.29) is 0 Å². The summed E-state index contributed by atoms with van der Waals surface area (Å²) in [5, 5.41) is 1.17. The minimum absolute atomic E-state index is 1.17. The molecule has 0 aromatic carbocycles. The maximum absolute atomic E-state index is 4.15. The van der Waals surface area contributed by atoms with Crippen molar-refractivity contribution >= 4 is 15.9 Å². The van der Waals surface area contributed by atoms with Gasteiger partial charge in [-0.1, -0.05) is 163 Å². The normalized spacial score (nSPS) is 16.7. The molecule has 0 saturated heterocycles. The fraction of sp³-hybridized carbons (Fsp3) is 0.706. The van der Waals surface area contributed by atoms with Crippen LogP contribution in [-0.4, -0.2) is 10.3 Å². The molecule has 0 aliphatic carbocycles. The van der Waals surface area contributed by atoms with Crippen LogP contribution >= 0.6 is 15.9 Å². The van der Waals surface area contributed by atoms with Gasteiger partial charge in [0.2, 0.25) is 0 Å². The SMILES string of the molecule is BrCCCCCCCCCCCCc1cccnc1.c1cc2c[n+](c1)CCCCCCCCCCCCc1ccc[n+](c1)CCCCCCCCCCCC2. The van der Waals surface area contributed by atoms with Crippen LogP contribution in [0, 0.1) is 0 Å². The van der Waals surface area contributed by atoms with Crippen LogP contribution in [0.2, 0.25) is 0 Å². The average molecular weight is 819 g/mol. The number of unbranched alkanes of at least 4 members (excludes halogenated alkanes) is 9. The monoisotopic (exact) mass is 818 g/mol. The summed E-state index contributed by atoms with van der Waals surface area (Å²) < 4.78 is 4.87. The van der Waals surface area contributed by atoms with E-state index < -0.39 is 0 Å². The predicted molar refractivity (Wildman–Crippen MR) is 241 cm³/mol. The molecule has 0 saturated carbocycles. The highest BCUT2D eigenvalue weighted by Gasteiger charge is 2.06. The molecule has 55 heavy (non-hydrogen) atoms. The van der Waals surface area contributed by atoms with Crippen molar-refractivity contribution in [2.24, 2.45) is 0 Å². The average Bonchev–Trinajstić information content (AvgIpc) is 3.21. The molecular weight excluding hydrogens is 734 g/mol. The third-order valence-corrected chi connectivity index (χ3v) is 12.2. The number of fused-ring (bicyclic) bond motifs is 4. The summed E-state index contributed by atoms with van der Waals surface area (Å²) in [5.74, 6) is 0. The van der Waals surface area contributed by atoms with E-state index in [1.807, 2.05) is 18.5 Å². The Kier molecular flexibility index (Phi) is 30.2. The molecule has 4 bridgehead atoms. The standard InChI is InChI=1S/C34H56N2.C17H28BrN/c1-3-7-11-15-19-27-35-29-22-26-34(32-35)24-18-14-10-6-2-4-8-12-16-20-28-36-30-21-25-33(31-36)23-17-13-9-5-1;18-14-10-8-6-4-2-1-3-5-7-9-12-17-13-11-15-19-16-17/h21-22,25-26,29-32H,1-20,23-24,27-28H2;11,13,15-16H,1-10,12,14H2/q+2;. The number of hydrogen-bond acceptors (Lipinski definition) is 1. The number of pyridine rings is 3. The minimum atomic E-state index is 1.17. The zero-order valence-electron chi connectivity index (χ0n) is 35.6. The fourth-order valence-corrected chi connectivity index (χ4v) is 8.58. The van der Waals surface area contributed by atoms with E-state index in [1.165, 1.54) is 247 Å². The molecule has 4 rings (SSSR count). The van der Waals surface area contributed by atoms with Crippen LogP contribution in [0.25, 0.3) is 0 Å². The summed E-state index contributed by atoms with van der Waals surface area (Å²) in [6.45, 7) is 2.38. The number of aryl methyl sites for hydroxylation is 5. The van der Waals surface area contributed by atoms with E-state index in [2.05, 4.69) is 85.2 Å². The summed E-state index contributed by atoms with van der Waals surface area (Å²) in [6.07, 6.45) is 58.9. The lowest BCUT2D eigenvalue weighted by atomic mass is 10.0. The molecule has 0 amide bonds. The van der Waals surface area contributed by atoms with Crippen molar-refractivity contribution in [3.8, 4) is 0 Å². The van der Waals surface area contributed by atoms with Gasteiger partial charge in [0.15, 0.2) is 24.8 Å². The quantitative estimate of drug-likeness (QED) is 0.101. The Balaban J connectivity index is 0.000000360. The van der Waals surface area contributed by atoms with Gasteiger partial charge in [0.1, 0.15) is 13.1 Å². The number of rotatable bonds is 12. The first kappa shape index (κ1) is 47.3. The molecule has 3 aromatic rings. The van der Waals surface area contributed by atoms with Crippen molar-refractivity contribution in [1.29, 1.82) is 0 Å². The number of alkyl halides is 1. The first-order valence-corrected chi connectivity index (χ1v) is 24.9. The van der Waals surface area contributed by atoms with E-state index in [0.717, 1.165) is 0 Å². The molecule has 0 N–H and O–H groups in total. The molecule has 0 unspecified atom stereocenters. The lowest BCUT2D eigenvalue weighted by Gasteiger charge is -2.05. The molecule has 1 aliphatic heterocycles. The van der Waals surface area contributed by atoms with E-state index >= 15 is 0 Å². The molecule has 0 atom stereocenters. The highest BCUT2D eigenvalue weighted by atomic mass is 79.9. The topological polar surface area (TPSA) is 20.6 Å². The van der Waals surface area contributed by atoms with Crippen molar-refractivity contribution in [3.05, 3.63) is 90.3 Å². The minimum Gasteiger partial charge on any atom is -0.264 e. The molecule has 0 spiro atoms. The Morgan fingerprint density at radius 3 is 1.25 bits per heavy atom. The first-order chi connectivity index (χ1) is 27.3. The van der Waals surface area contributed by atoms with Crippen molar-refractivity contribution in [2.75, 3.05) is 5.33 Å². The Morgan fingerprint density at radius 1 is 0.436 bits per heavy atom. The summed E-state index contributed by atoms with van der Waals surface area (Å²) in [4.78, 5) is 4.15. The Morgan fingerprint density at radius 2 is 0.836 bits per heavy atom. The highest BCUT2D eigenvalue weighted by Crippen LogP contribution is 2.15. The van der Waals surface area contributed by atoms with Crippen molar-refractivity contribution in [1.82, 2.24) is 4.98 Å². The number of halogens is 1. The van der Waals surface area contributed by atoms with Gasteiger partial charge in [-0.25, -0.2) is 9.13 Å². The van der Waals surface area contributed by atoms with Gasteiger partial charge in [-0.05, 0) is 81.5 Å². The van der Waals surface area contributed by atoms with Gasteiger partial charge in [0.25, 0.3) is 0 Å². The molecule has 0 fully saturated rings. The van der Waals surface area contributed by atoms with Gasteiger partial charge in [-0.15, -0.1) is 0 Å². The van der Waals surface area contributed by atoms with Crippen LogP contribution in [0.15, 0.2) is 73.6 Å². The molecule has 308 valence electrons. The molecule has 3 aromatic heterocycles. The molecule has 0 radical (unpaired) electrons. The molecule has 3 nitrogen and oxygen atoms in total. The van der Waals surface area contributed by atoms with Crippen LogP contribution in [-0.2, 0) is 32.4 Å². The Labute approximate surface area is 349 Å². The fourth-order valence-electron chi connectivity index (χ4n) is 8.19. The third kappa shape index (κ3) is 27.2. The maximum atomic E-state index is 4.15. The third-order valence-electron chi connectivity index (χ3n) is 11.7. The van der Waals surface area contributed by atoms with Gasteiger partial charge in [0, 0.05) is 53.8 Å². The smallest absolute Gasteiger partial charge is 0.171 e. The second-order valence-electron chi connectivity index (χ2n) is 16.8. The molecule has 4 heterocycles. The van der Waals surface area contributed by atoms with Crippen molar-refractivity contribution in [2.45, 2.75) is 225 Å². The van der Waals surface area contributed by atoms with Gasteiger partial charge >= 0.3 is 0 Å². The maximum Gasteiger partial charge on any atom is 0.171 e. The Hall–Kier alpha value is -2.07. The van der Waals surface area contributed by atoms with Gasteiger partial charge in [-0.2, -0.15) is 0 Å². The van der Waals surface area contributed by atoms with Crippen LogP contribution in [0.5, 0.6) is 0 Å². The number of hydrogen-bond donors (Lipinski definition) is 0. The van der Waals surface area contributed by atoms with Crippen LogP contribution in [0.3, 0.4) is 0 Å². The van der Waals surface area contributed by atoms with E-state index in [4.69, 9.17) is 0 Å². The molecule has 1 aliphatic rings. The zero-order valence-corrected chi connectivity index (χ0v) is 37.2. The Bertz CT molecular complexity index is 1140. The van der Waals surface area contributed by atoms with Gasteiger partial charge < -0.3 is 0 Å². The summed E-state index contributed by atoms with van der Waals surface area (Å²) in [7, 11) is 0. The number of nitrogens with zero attached hydrogens (tertiary/aromatic N) is 3. The largest absolute Gasteiger partial charge is 0.264 e. The van der Waals surface area contributed by atoms with Gasteiger partial charge in [0.05, 0.1) is 0 Å². The summed E-state index contributed by atoms with van der Waals surface area (Å²) in [6, 6.07) is 13.4. The van der Waals surface area contributed by atoms with Crippen LogP contribution < -0.4 is 9.13 Å². The van der Waals surface area contributed by atoms with E-state index in [1.54, 1.807) is 0 Å². The van der Waals surface area contributed by atoms with Crippen molar-refractivity contribution < 1.29 is 9.13 Å². The van der Waals surface area contributed by atoms with Crippen molar-refractivity contribution in [3.63, 3.8) is 0 Å².